The van der Waals surface area contributed by atoms with Crippen molar-refractivity contribution in [3.63, 3.8) is 0 Å². The first-order valence-corrected chi connectivity index (χ1v) is 9.44. The number of carbonyl (C=O) groups excluding carboxylic acids is 1. The Kier molecular flexibility index (Phi) is 6.79. The minimum Gasteiger partial charge on any atom is -0.338 e. The molecule has 0 bridgehead atoms. The van der Waals surface area contributed by atoms with Gasteiger partial charge in [0.15, 0.2) is 5.16 Å². The second kappa shape index (κ2) is 8.62. The van der Waals surface area contributed by atoms with E-state index in [9.17, 15) is 9.18 Å². The average molecular weight is 415 g/mol. The summed E-state index contributed by atoms with van der Waals surface area (Å²) in [7, 11) is 0. The van der Waals surface area contributed by atoms with Crippen molar-refractivity contribution in [1.82, 2.24) is 19.7 Å². The van der Waals surface area contributed by atoms with Gasteiger partial charge in [0.1, 0.15) is 12.1 Å². The van der Waals surface area contributed by atoms with Crippen LogP contribution in [-0.4, -0.2) is 37.9 Å². The molecule has 1 aromatic heterocycles. The summed E-state index contributed by atoms with van der Waals surface area (Å²) in [5.74, 6) is -0.119. The van der Waals surface area contributed by atoms with Crippen molar-refractivity contribution >= 4 is 33.6 Å². The van der Waals surface area contributed by atoms with Gasteiger partial charge in [0.05, 0.1) is 5.75 Å². The third-order valence-corrected chi connectivity index (χ3v) is 4.96. The van der Waals surface area contributed by atoms with Crippen LogP contribution in [0.3, 0.4) is 0 Å². The second-order valence-electron chi connectivity index (χ2n) is 5.55. The van der Waals surface area contributed by atoms with Crippen LogP contribution in [0.15, 0.2) is 34.2 Å². The lowest BCUT2D eigenvalue weighted by molar-refractivity contribution is -0.128. The fourth-order valence-electron chi connectivity index (χ4n) is 2.15. The van der Waals surface area contributed by atoms with Crippen LogP contribution in [0.4, 0.5) is 4.39 Å². The lowest BCUT2D eigenvalue weighted by Gasteiger charge is -2.21. The summed E-state index contributed by atoms with van der Waals surface area (Å²) in [5.41, 5.74) is 0.495. The van der Waals surface area contributed by atoms with Gasteiger partial charge < -0.3 is 9.47 Å². The first-order valence-electron chi connectivity index (χ1n) is 7.66. The maximum atomic E-state index is 13.9. The Morgan fingerprint density at radius 3 is 2.88 bits per heavy atom. The summed E-state index contributed by atoms with van der Waals surface area (Å²) in [5, 5.41) is 8.64. The summed E-state index contributed by atoms with van der Waals surface area (Å²) in [6, 6.07) is 4.98. The van der Waals surface area contributed by atoms with Crippen molar-refractivity contribution in [1.29, 1.82) is 0 Å². The number of hydrogen-bond acceptors (Lipinski definition) is 4. The van der Waals surface area contributed by atoms with E-state index in [0.29, 0.717) is 17.3 Å². The third kappa shape index (κ3) is 4.80. The molecule has 1 amide bonds. The fourth-order valence-corrected chi connectivity index (χ4v) is 3.51. The van der Waals surface area contributed by atoms with E-state index in [1.54, 1.807) is 23.4 Å². The number of aromatic nitrogens is 3. The molecular weight excluding hydrogens is 395 g/mol. The molecule has 24 heavy (non-hydrogen) atoms. The molecule has 0 N–H and O–H groups in total. The molecule has 0 saturated carbocycles. The zero-order chi connectivity index (χ0) is 17.7. The van der Waals surface area contributed by atoms with Crippen molar-refractivity contribution in [2.45, 2.75) is 38.5 Å². The Bertz CT molecular complexity index is 707. The van der Waals surface area contributed by atoms with Gasteiger partial charge in [0, 0.05) is 29.2 Å². The molecule has 0 spiro atoms. The van der Waals surface area contributed by atoms with E-state index in [4.69, 9.17) is 0 Å². The number of carbonyl (C=O) groups is 1. The molecule has 0 radical (unpaired) electrons. The zero-order valence-corrected chi connectivity index (χ0v) is 16.3. The highest BCUT2D eigenvalue weighted by Crippen LogP contribution is 2.21. The predicted octanol–water partition coefficient (Wildman–Crippen LogP) is 3.90. The molecule has 0 fully saturated rings. The zero-order valence-electron chi connectivity index (χ0n) is 13.9. The maximum Gasteiger partial charge on any atom is 0.233 e. The van der Waals surface area contributed by atoms with Crippen molar-refractivity contribution in [2.24, 2.45) is 0 Å². The van der Waals surface area contributed by atoms with E-state index in [-0.39, 0.29) is 30.1 Å². The van der Waals surface area contributed by atoms with Crippen molar-refractivity contribution < 1.29 is 9.18 Å². The summed E-state index contributed by atoms with van der Waals surface area (Å²) < 4.78 is 16.6. The first-order chi connectivity index (χ1) is 11.4. The second-order valence-corrected chi connectivity index (χ2v) is 7.41. The molecule has 5 nitrogen and oxygen atoms in total. The number of halogens is 2. The molecule has 0 aliphatic rings. The van der Waals surface area contributed by atoms with E-state index in [2.05, 4.69) is 26.1 Å². The van der Waals surface area contributed by atoms with Gasteiger partial charge in [0.25, 0.3) is 0 Å². The molecule has 0 saturated heterocycles. The molecule has 0 aliphatic carbocycles. The van der Waals surface area contributed by atoms with Crippen LogP contribution in [-0.2, 0) is 11.3 Å². The maximum absolute atomic E-state index is 13.9. The van der Waals surface area contributed by atoms with E-state index >= 15 is 0 Å². The van der Waals surface area contributed by atoms with Crippen LogP contribution < -0.4 is 0 Å². The molecule has 0 aliphatic heterocycles. The summed E-state index contributed by atoms with van der Waals surface area (Å²) >= 11 is 4.68. The lowest BCUT2D eigenvalue weighted by Crippen LogP contribution is -2.32. The topological polar surface area (TPSA) is 51.0 Å². The minimum absolute atomic E-state index is 0.0554. The Hall–Kier alpha value is -1.41. The fraction of sp³-hybridized carbons (Fsp3) is 0.438. The van der Waals surface area contributed by atoms with E-state index < -0.39 is 0 Å². The Labute approximate surface area is 153 Å². The van der Waals surface area contributed by atoms with Crippen molar-refractivity contribution in [3.8, 4) is 0 Å². The molecule has 1 aromatic carbocycles. The highest BCUT2D eigenvalue weighted by Gasteiger charge is 2.17. The van der Waals surface area contributed by atoms with E-state index in [1.807, 2.05) is 25.3 Å². The monoisotopic (exact) mass is 414 g/mol. The van der Waals surface area contributed by atoms with Crippen LogP contribution in [0.5, 0.6) is 0 Å². The Morgan fingerprint density at radius 2 is 2.21 bits per heavy atom. The van der Waals surface area contributed by atoms with Gasteiger partial charge in [-0.25, -0.2) is 4.39 Å². The Balaban J connectivity index is 2.01. The third-order valence-electron chi connectivity index (χ3n) is 3.52. The number of thioether (sulfide) groups is 1. The smallest absolute Gasteiger partial charge is 0.233 e. The summed E-state index contributed by atoms with van der Waals surface area (Å²) in [6.07, 6.45) is 1.66. The lowest BCUT2D eigenvalue weighted by atomic mass is 10.2. The first kappa shape index (κ1) is 18.9. The van der Waals surface area contributed by atoms with E-state index in [1.165, 1.54) is 17.8 Å². The highest BCUT2D eigenvalue weighted by molar-refractivity contribution is 9.10. The van der Waals surface area contributed by atoms with Crippen LogP contribution in [0.25, 0.3) is 0 Å². The molecule has 0 unspecified atom stereocenters. The van der Waals surface area contributed by atoms with Gasteiger partial charge in [-0.2, -0.15) is 0 Å². The SMILES string of the molecule is CCN(Cc1cc(Br)ccc1F)C(=O)CSc1nncn1C(C)C. The summed E-state index contributed by atoms with van der Waals surface area (Å²) in [6.45, 7) is 6.71. The average Bonchev–Trinajstić information content (AvgIpc) is 3.02. The van der Waals surface area contributed by atoms with Gasteiger partial charge in [-0.3, -0.25) is 4.79 Å². The largest absolute Gasteiger partial charge is 0.338 e. The Morgan fingerprint density at radius 1 is 1.46 bits per heavy atom. The van der Waals surface area contributed by atoms with Gasteiger partial charge in [-0.05, 0) is 39.0 Å². The highest BCUT2D eigenvalue weighted by atomic mass is 79.9. The molecule has 2 rings (SSSR count). The van der Waals surface area contributed by atoms with Crippen LogP contribution >= 0.6 is 27.7 Å². The standard InChI is InChI=1S/C16H20BrFN4OS/c1-4-21(8-12-7-13(17)5-6-14(12)18)15(23)9-24-16-20-19-10-22(16)11(2)3/h5-7,10-11H,4,8-9H2,1-3H3. The number of amides is 1. The number of nitrogens with zero attached hydrogens (tertiary/aromatic N) is 4. The van der Waals surface area contributed by atoms with E-state index in [0.717, 1.165) is 4.47 Å². The molecular formula is C16H20BrFN4OS. The minimum atomic E-state index is -0.309. The molecule has 2 aromatic rings. The van der Waals surface area contributed by atoms with Crippen LogP contribution in [0.1, 0.15) is 32.4 Å². The molecule has 1 heterocycles. The van der Waals surface area contributed by atoms with Crippen LogP contribution in [0, 0.1) is 5.82 Å². The molecule has 8 heteroatoms. The number of rotatable bonds is 7. The van der Waals surface area contributed by atoms with Crippen molar-refractivity contribution in [3.05, 3.63) is 40.4 Å². The number of hydrogen-bond donors (Lipinski definition) is 0. The van der Waals surface area contributed by atoms with Gasteiger partial charge in [-0.15, -0.1) is 10.2 Å². The van der Waals surface area contributed by atoms with Crippen LogP contribution in [0.2, 0.25) is 0 Å². The normalized spacial score (nSPS) is 11.1. The van der Waals surface area contributed by atoms with Gasteiger partial charge >= 0.3 is 0 Å². The van der Waals surface area contributed by atoms with Gasteiger partial charge in [-0.1, -0.05) is 27.7 Å². The quantitative estimate of drug-likeness (QED) is 0.644. The summed E-state index contributed by atoms with van der Waals surface area (Å²) in [4.78, 5) is 14.1. The molecule has 130 valence electrons. The van der Waals surface area contributed by atoms with Gasteiger partial charge in [0.2, 0.25) is 5.91 Å². The molecule has 0 atom stereocenters. The predicted molar refractivity (Wildman–Crippen MR) is 96.3 cm³/mol. The number of benzene rings is 1. The van der Waals surface area contributed by atoms with Crippen molar-refractivity contribution in [2.75, 3.05) is 12.3 Å².